The van der Waals surface area contributed by atoms with Crippen LogP contribution < -0.4 is 10.6 Å². The third-order valence-electron chi connectivity index (χ3n) is 3.66. The first-order valence-electron chi connectivity index (χ1n) is 7.14. The molecule has 2 N–H and O–H groups in total. The SMILES string of the molecule is CC(C)(C)OC(=O)N[C@H]1CNCC[C@@H]1CC1CC1. The highest BCUT2D eigenvalue weighted by Crippen LogP contribution is 2.37. The molecule has 0 bridgehead atoms. The van der Waals surface area contributed by atoms with Crippen LogP contribution in [0.4, 0.5) is 4.79 Å². The fourth-order valence-corrected chi connectivity index (χ4v) is 2.60. The van der Waals surface area contributed by atoms with Gasteiger partial charge in [-0.1, -0.05) is 12.8 Å². The molecule has 0 radical (unpaired) electrons. The van der Waals surface area contributed by atoms with E-state index in [1.54, 1.807) is 0 Å². The number of carbonyl (C=O) groups is 1. The maximum Gasteiger partial charge on any atom is 0.407 e. The minimum absolute atomic E-state index is 0.231. The summed E-state index contributed by atoms with van der Waals surface area (Å²) in [6, 6.07) is 0.231. The molecule has 1 aliphatic heterocycles. The fraction of sp³-hybridized carbons (Fsp3) is 0.929. The summed E-state index contributed by atoms with van der Waals surface area (Å²) >= 11 is 0. The van der Waals surface area contributed by atoms with E-state index in [4.69, 9.17) is 4.74 Å². The lowest BCUT2D eigenvalue weighted by Crippen LogP contribution is -2.52. The van der Waals surface area contributed by atoms with Gasteiger partial charge in [-0.3, -0.25) is 0 Å². The van der Waals surface area contributed by atoms with Gasteiger partial charge in [0.15, 0.2) is 0 Å². The van der Waals surface area contributed by atoms with Crippen LogP contribution in [0.3, 0.4) is 0 Å². The molecule has 2 atom stereocenters. The van der Waals surface area contributed by atoms with Crippen LogP contribution in [0.1, 0.15) is 46.5 Å². The Morgan fingerprint density at radius 1 is 1.33 bits per heavy atom. The molecular weight excluding hydrogens is 228 g/mol. The zero-order valence-electron chi connectivity index (χ0n) is 11.8. The quantitative estimate of drug-likeness (QED) is 0.812. The number of hydrogen-bond acceptors (Lipinski definition) is 3. The van der Waals surface area contributed by atoms with Gasteiger partial charge in [-0.2, -0.15) is 0 Å². The highest BCUT2D eigenvalue weighted by Gasteiger charge is 2.33. The van der Waals surface area contributed by atoms with Crippen LogP contribution in [0, 0.1) is 11.8 Å². The summed E-state index contributed by atoms with van der Waals surface area (Å²) in [6.07, 6.45) is 4.91. The van der Waals surface area contributed by atoms with E-state index < -0.39 is 5.60 Å². The zero-order chi connectivity index (χ0) is 13.2. The van der Waals surface area contributed by atoms with Gasteiger partial charge in [-0.15, -0.1) is 0 Å². The number of nitrogens with one attached hydrogen (secondary N) is 2. The molecular formula is C14H26N2O2. The molecule has 2 aliphatic rings. The van der Waals surface area contributed by atoms with Gasteiger partial charge in [0, 0.05) is 12.6 Å². The van der Waals surface area contributed by atoms with Gasteiger partial charge in [0.05, 0.1) is 0 Å². The van der Waals surface area contributed by atoms with Crippen LogP contribution in [0.5, 0.6) is 0 Å². The molecule has 4 nitrogen and oxygen atoms in total. The second-order valence-electron chi connectivity index (χ2n) is 6.68. The van der Waals surface area contributed by atoms with Crippen molar-refractivity contribution in [2.24, 2.45) is 11.8 Å². The molecule has 0 unspecified atom stereocenters. The Kier molecular flexibility index (Phi) is 4.15. The molecule has 0 spiro atoms. The summed E-state index contributed by atoms with van der Waals surface area (Å²) in [4.78, 5) is 11.8. The summed E-state index contributed by atoms with van der Waals surface area (Å²) in [5.41, 5.74) is -0.418. The summed E-state index contributed by atoms with van der Waals surface area (Å²) in [6.45, 7) is 7.63. The Morgan fingerprint density at radius 2 is 2.06 bits per heavy atom. The summed E-state index contributed by atoms with van der Waals surface area (Å²) in [7, 11) is 0. The second-order valence-corrected chi connectivity index (χ2v) is 6.68. The van der Waals surface area contributed by atoms with E-state index in [0.29, 0.717) is 5.92 Å². The second kappa shape index (κ2) is 5.47. The molecule has 2 fully saturated rings. The Bertz CT molecular complexity index is 295. The Hall–Kier alpha value is -0.770. The molecule has 1 saturated carbocycles. The lowest BCUT2D eigenvalue weighted by molar-refractivity contribution is 0.0471. The molecule has 0 aromatic heterocycles. The van der Waals surface area contributed by atoms with Crippen molar-refractivity contribution in [3.05, 3.63) is 0 Å². The Morgan fingerprint density at radius 3 is 2.67 bits per heavy atom. The third-order valence-corrected chi connectivity index (χ3v) is 3.66. The van der Waals surface area contributed by atoms with Gasteiger partial charge in [0.2, 0.25) is 0 Å². The molecule has 1 amide bonds. The number of alkyl carbamates (subject to hydrolysis) is 1. The number of amides is 1. The minimum Gasteiger partial charge on any atom is -0.444 e. The van der Waals surface area contributed by atoms with Gasteiger partial charge < -0.3 is 15.4 Å². The fourth-order valence-electron chi connectivity index (χ4n) is 2.60. The van der Waals surface area contributed by atoms with E-state index in [9.17, 15) is 4.79 Å². The van der Waals surface area contributed by atoms with E-state index in [1.807, 2.05) is 20.8 Å². The van der Waals surface area contributed by atoms with Crippen LogP contribution in [-0.2, 0) is 4.74 Å². The van der Waals surface area contributed by atoms with Gasteiger partial charge in [0.25, 0.3) is 0 Å². The lowest BCUT2D eigenvalue weighted by Gasteiger charge is -2.33. The number of carbonyl (C=O) groups excluding carboxylic acids is 1. The van der Waals surface area contributed by atoms with Crippen LogP contribution in [0.25, 0.3) is 0 Å². The van der Waals surface area contributed by atoms with E-state index in [0.717, 1.165) is 25.4 Å². The minimum atomic E-state index is -0.418. The standard InChI is InChI=1S/C14H26N2O2/c1-14(2,3)18-13(17)16-12-9-15-7-6-11(12)8-10-4-5-10/h10-12,15H,4-9H2,1-3H3,(H,16,17)/t11-,12+/m1/s1. The maximum absolute atomic E-state index is 11.8. The lowest BCUT2D eigenvalue weighted by atomic mass is 9.88. The molecule has 0 aromatic carbocycles. The van der Waals surface area contributed by atoms with Crippen LogP contribution in [0.15, 0.2) is 0 Å². The predicted molar refractivity (Wildman–Crippen MR) is 71.5 cm³/mol. The number of hydrogen-bond donors (Lipinski definition) is 2. The average molecular weight is 254 g/mol. The van der Waals surface area contributed by atoms with Crippen molar-refractivity contribution < 1.29 is 9.53 Å². The molecule has 1 aliphatic carbocycles. The van der Waals surface area contributed by atoms with Gasteiger partial charge in [-0.25, -0.2) is 4.79 Å². The van der Waals surface area contributed by atoms with E-state index >= 15 is 0 Å². The topological polar surface area (TPSA) is 50.4 Å². The van der Waals surface area contributed by atoms with Crippen LogP contribution >= 0.6 is 0 Å². The van der Waals surface area contributed by atoms with Crippen molar-refractivity contribution >= 4 is 6.09 Å². The largest absolute Gasteiger partial charge is 0.444 e. The van der Waals surface area contributed by atoms with Gasteiger partial charge >= 0.3 is 6.09 Å². The molecule has 1 heterocycles. The summed E-state index contributed by atoms with van der Waals surface area (Å²) in [5, 5.41) is 6.39. The molecule has 4 heteroatoms. The van der Waals surface area contributed by atoms with E-state index in [-0.39, 0.29) is 12.1 Å². The molecule has 0 aromatic rings. The molecule has 18 heavy (non-hydrogen) atoms. The molecule has 2 rings (SSSR count). The molecule has 1 saturated heterocycles. The van der Waals surface area contributed by atoms with E-state index in [1.165, 1.54) is 19.3 Å². The van der Waals surface area contributed by atoms with Gasteiger partial charge in [-0.05, 0) is 52.0 Å². The predicted octanol–water partition coefficient (Wildman–Crippen LogP) is 2.29. The maximum atomic E-state index is 11.8. The van der Waals surface area contributed by atoms with Crippen molar-refractivity contribution in [2.75, 3.05) is 13.1 Å². The van der Waals surface area contributed by atoms with Gasteiger partial charge in [0.1, 0.15) is 5.60 Å². The monoisotopic (exact) mass is 254 g/mol. The zero-order valence-corrected chi connectivity index (χ0v) is 11.8. The smallest absolute Gasteiger partial charge is 0.407 e. The normalized spacial score (nSPS) is 28.8. The first-order valence-corrected chi connectivity index (χ1v) is 7.14. The highest BCUT2D eigenvalue weighted by atomic mass is 16.6. The first kappa shape index (κ1) is 13.7. The van der Waals surface area contributed by atoms with Crippen LogP contribution in [0.2, 0.25) is 0 Å². The number of ether oxygens (including phenoxy) is 1. The van der Waals surface area contributed by atoms with Crippen molar-refractivity contribution in [1.29, 1.82) is 0 Å². The summed E-state index contributed by atoms with van der Waals surface area (Å²) in [5.74, 6) is 1.53. The van der Waals surface area contributed by atoms with E-state index in [2.05, 4.69) is 10.6 Å². The van der Waals surface area contributed by atoms with Crippen molar-refractivity contribution in [3.63, 3.8) is 0 Å². The van der Waals surface area contributed by atoms with Crippen molar-refractivity contribution in [3.8, 4) is 0 Å². The average Bonchev–Trinajstić information content (AvgIpc) is 3.02. The Balaban J connectivity index is 1.82. The first-order chi connectivity index (χ1) is 8.44. The number of rotatable bonds is 3. The third kappa shape index (κ3) is 4.48. The summed E-state index contributed by atoms with van der Waals surface area (Å²) < 4.78 is 5.33. The highest BCUT2D eigenvalue weighted by molar-refractivity contribution is 5.68. The number of piperidine rings is 1. The van der Waals surface area contributed by atoms with Crippen molar-refractivity contribution in [2.45, 2.75) is 58.1 Å². The Labute approximate surface area is 110 Å². The molecule has 104 valence electrons. The van der Waals surface area contributed by atoms with Crippen LogP contribution in [-0.4, -0.2) is 30.8 Å². The van der Waals surface area contributed by atoms with Crippen molar-refractivity contribution in [1.82, 2.24) is 10.6 Å².